The van der Waals surface area contributed by atoms with Crippen molar-refractivity contribution in [3.8, 4) is 0 Å². The molecule has 0 spiro atoms. The average Bonchev–Trinajstić information content (AvgIpc) is 2.95. The molecular weight excluding hydrogens is 268 g/mol. The van der Waals surface area contributed by atoms with Gasteiger partial charge in [-0.2, -0.15) is 0 Å². The lowest BCUT2D eigenvalue weighted by atomic mass is 10.1. The van der Waals surface area contributed by atoms with Gasteiger partial charge in [-0.25, -0.2) is 4.79 Å². The molecule has 0 radical (unpaired) electrons. The molecule has 106 valence electrons. The van der Waals surface area contributed by atoms with Gasteiger partial charge in [-0.1, -0.05) is 6.07 Å². The molecule has 0 aliphatic rings. The topological polar surface area (TPSA) is 69.4 Å². The summed E-state index contributed by atoms with van der Waals surface area (Å²) in [4.78, 5) is 15.7. The third kappa shape index (κ3) is 2.74. The Morgan fingerprint density at radius 1 is 1.24 bits per heavy atom. The summed E-state index contributed by atoms with van der Waals surface area (Å²) in [7, 11) is 1.36. The number of ether oxygens (including phenoxy) is 1. The van der Waals surface area contributed by atoms with Crippen molar-refractivity contribution in [1.82, 2.24) is 19.6 Å². The maximum absolute atomic E-state index is 11.6. The highest BCUT2D eigenvalue weighted by Crippen LogP contribution is 2.10. The molecule has 0 saturated carbocycles. The Hall–Kier alpha value is -2.76. The fourth-order valence-corrected chi connectivity index (χ4v) is 2.15. The normalized spacial score (nSPS) is 10.7. The summed E-state index contributed by atoms with van der Waals surface area (Å²) in [6, 6.07) is 7.37. The van der Waals surface area contributed by atoms with Crippen molar-refractivity contribution in [2.75, 3.05) is 7.11 Å². The SMILES string of the molecule is COC(=O)c1ccc2nnc(CCc3cccnc3)n2c1. The number of hydrogen-bond acceptors (Lipinski definition) is 5. The number of aromatic nitrogens is 4. The highest BCUT2D eigenvalue weighted by molar-refractivity contribution is 5.89. The van der Waals surface area contributed by atoms with Gasteiger partial charge >= 0.3 is 5.97 Å². The number of aryl methyl sites for hydroxylation is 2. The van der Waals surface area contributed by atoms with Gasteiger partial charge in [0, 0.05) is 25.0 Å². The molecule has 21 heavy (non-hydrogen) atoms. The van der Waals surface area contributed by atoms with Gasteiger partial charge in [0.25, 0.3) is 0 Å². The van der Waals surface area contributed by atoms with E-state index in [-0.39, 0.29) is 5.97 Å². The van der Waals surface area contributed by atoms with Crippen LogP contribution in [0.3, 0.4) is 0 Å². The van der Waals surface area contributed by atoms with E-state index < -0.39 is 0 Å². The van der Waals surface area contributed by atoms with E-state index in [2.05, 4.69) is 15.2 Å². The number of esters is 1. The summed E-state index contributed by atoms with van der Waals surface area (Å²) in [5.74, 6) is 0.434. The summed E-state index contributed by atoms with van der Waals surface area (Å²) >= 11 is 0. The molecule has 0 atom stereocenters. The van der Waals surface area contributed by atoms with Gasteiger partial charge in [-0.3, -0.25) is 9.38 Å². The van der Waals surface area contributed by atoms with Crippen molar-refractivity contribution in [2.45, 2.75) is 12.8 Å². The lowest BCUT2D eigenvalue weighted by molar-refractivity contribution is 0.0600. The van der Waals surface area contributed by atoms with Crippen molar-refractivity contribution < 1.29 is 9.53 Å². The first-order chi connectivity index (χ1) is 10.3. The molecule has 0 aliphatic heterocycles. The van der Waals surface area contributed by atoms with Crippen molar-refractivity contribution in [3.05, 3.63) is 59.8 Å². The van der Waals surface area contributed by atoms with Crippen molar-refractivity contribution in [1.29, 1.82) is 0 Å². The fourth-order valence-electron chi connectivity index (χ4n) is 2.15. The molecule has 0 saturated heterocycles. The van der Waals surface area contributed by atoms with E-state index in [0.29, 0.717) is 11.2 Å². The van der Waals surface area contributed by atoms with E-state index in [9.17, 15) is 4.79 Å². The molecule has 6 nitrogen and oxygen atoms in total. The van der Waals surface area contributed by atoms with Gasteiger partial charge in [0.2, 0.25) is 0 Å². The second-order valence-corrected chi connectivity index (χ2v) is 4.62. The molecule has 0 N–H and O–H groups in total. The zero-order valence-electron chi connectivity index (χ0n) is 11.6. The molecule has 6 heteroatoms. The van der Waals surface area contributed by atoms with Crippen molar-refractivity contribution >= 4 is 11.6 Å². The molecule has 3 heterocycles. The Morgan fingerprint density at radius 2 is 2.14 bits per heavy atom. The van der Waals surface area contributed by atoms with Crippen LogP contribution in [-0.4, -0.2) is 32.7 Å². The molecular formula is C15H14N4O2. The number of hydrogen-bond donors (Lipinski definition) is 0. The van der Waals surface area contributed by atoms with Crippen LogP contribution in [0.25, 0.3) is 5.65 Å². The van der Waals surface area contributed by atoms with Crippen molar-refractivity contribution in [2.24, 2.45) is 0 Å². The monoisotopic (exact) mass is 282 g/mol. The molecule has 0 amide bonds. The maximum Gasteiger partial charge on any atom is 0.339 e. The first-order valence-corrected chi connectivity index (χ1v) is 6.59. The second kappa shape index (κ2) is 5.70. The van der Waals surface area contributed by atoms with E-state index in [1.54, 1.807) is 24.5 Å². The van der Waals surface area contributed by atoms with E-state index in [1.165, 1.54) is 7.11 Å². The largest absolute Gasteiger partial charge is 0.465 e. The van der Waals surface area contributed by atoms with E-state index in [0.717, 1.165) is 24.2 Å². The summed E-state index contributed by atoms with van der Waals surface area (Å²) in [6.07, 6.45) is 6.83. The average molecular weight is 282 g/mol. The Kier molecular flexibility index (Phi) is 3.59. The van der Waals surface area contributed by atoms with Gasteiger partial charge in [-0.05, 0) is 30.2 Å². The van der Waals surface area contributed by atoms with Crippen LogP contribution in [0.5, 0.6) is 0 Å². The smallest absolute Gasteiger partial charge is 0.339 e. The predicted octanol–water partition coefficient (Wildman–Crippen LogP) is 1.70. The highest BCUT2D eigenvalue weighted by atomic mass is 16.5. The second-order valence-electron chi connectivity index (χ2n) is 4.62. The van der Waals surface area contributed by atoms with E-state index >= 15 is 0 Å². The standard InChI is InChI=1S/C15H14N4O2/c1-21-15(20)12-5-7-14-18-17-13(19(14)10-12)6-4-11-3-2-8-16-9-11/h2-3,5,7-10H,4,6H2,1H3. The van der Waals surface area contributed by atoms with Gasteiger partial charge in [-0.15, -0.1) is 10.2 Å². The number of rotatable bonds is 4. The summed E-state index contributed by atoms with van der Waals surface area (Å²) < 4.78 is 6.55. The van der Waals surface area contributed by atoms with Gasteiger partial charge < -0.3 is 4.74 Å². The van der Waals surface area contributed by atoms with Crippen LogP contribution in [0.1, 0.15) is 21.7 Å². The van der Waals surface area contributed by atoms with Crippen LogP contribution < -0.4 is 0 Å². The highest BCUT2D eigenvalue weighted by Gasteiger charge is 2.10. The molecule has 0 aromatic carbocycles. The molecule has 3 aromatic rings. The number of pyridine rings is 2. The van der Waals surface area contributed by atoms with Crippen LogP contribution >= 0.6 is 0 Å². The first kappa shape index (κ1) is 13.2. The van der Waals surface area contributed by atoms with Crippen LogP contribution in [-0.2, 0) is 17.6 Å². The van der Waals surface area contributed by atoms with Crippen LogP contribution in [0.15, 0.2) is 42.9 Å². The number of fused-ring (bicyclic) bond motifs is 1. The Morgan fingerprint density at radius 3 is 2.90 bits per heavy atom. The Balaban J connectivity index is 1.86. The molecule has 0 fully saturated rings. The lowest BCUT2D eigenvalue weighted by Crippen LogP contribution is -2.04. The minimum Gasteiger partial charge on any atom is -0.465 e. The zero-order chi connectivity index (χ0) is 14.7. The Bertz CT molecular complexity index is 768. The predicted molar refractivity (Wildman–Crippen MR) is 76.0 cm³/mol. The van der Waals surface area contributed by atoms with Crippen LogP contribution in [0.2, 0.25) is 0 Å². The number of carbonyl (C=O) groups is 1. The molecule has 3 rings (SSSR count). The molecule has 3 aromatic heterocycles. The number of nitrogens with zero attached hydrogens (tertiary/aromatic N) is 4. The van der Waals surface area contributed by atoms with Crippen LogP contribution in [0, 0.1) is 0 Å². The quantitative estimate of drug-likeness (QED) is 0.681. The van der Waals surface area contributed by atoms with Crippen molar-refractivity contribution in [3.63, 3.8) is 0 Å². The Labute approximate surface area is 121 Å². The summed E-state index contributed by atoms with van der Waals surface area (Å²) in [5.41, 5.74) is 2.33. The van der Waals surface area contributed by atoms with Crippen LogP contribution in [0.4, 0.5) is 0 Å². The summed E-state index contributed by atoms with van der Waals surface area (Å²) in [6.45, 7) is 0. The molecule has 0 aliphatic carbocycles. The van der Waals surface area contributed by atoms with Gasteiger partial charge in [0.1, 0.15) is 5.82 Å². The minimum atomic E-state index is -0.371. The van der Waals surface area contributed by atoms with E-state index in [4.69, 9.17) is 4.74 Å². The first-order valence-electron chi connectivity index (χ1n) is 6.59. The van der Waals surface area contributed by atoms with E-state index in [1.807, 2.05) is 22.7 Å². The lowest BCUT2D eigenvalue weighted by Gasteiger charge is -2.03. The third-order valence-electron chi connectivity index (χ3n) is 3.25. The summed E-state index contributed by atoms with van der Waals surface area (Å²) in [5, 5.41) is 8.28. The minimum absolute atomic E-state index is 0.371. The third-order valence-corrected chi connectivity index (χ3v) is 3.25. The number of carbonyl (C=O) groups excluding carboxylic acids is 1. The molecule has 0 bridgehead atoms. The molecule has 0 unspecified atom stereocenters. The zero-order valence-corrected chi connectivity index (χ0v) is 11.6. The fraction of sp³-hybridized carbons (Fsp3) is 0.200. The van der Waals surface area contributed by atoms with Gasteiger partial charge in [0.05, 0.1) is 12.7 Å². The maximum atomic E-state index is 11.6. The van der Waals surface area contributed by atoms with Gasteiger partial charge in [0.15, 0.2) is 5.65 Å². The number of methoxy groups -OCH3 is 1.